The van der Waals surface area contributed by atoms with Gasteiger partial charge in [-0.1, -0.05) is 115 Å². The molecule has 0 aliphatic carbocycles. The topological polar surface area (TPSA) is 55.3 Å². The van der Waals surface area contributed by atoms with Gasteiger partial charge in [-0.3, -0.25) is 9.97 Å². The molecule has 0 aliphatic heterocycles. The van der Waals surface area contributed by atoms with Crippen LogP contribution in [-0.4, -0.2) is 9.97 Å². The Morgan fingerprint density at radius 3 is 1.45 bits per heavy atom. The van der Waals surface area contributed by atoms with Gasteiger partial charge in [0.25, 0.3) is 0 Å². The summed E-state index contributed by atoms with van der Waals surface area (Å²) < 4.78 is 12.8. The van der Waals surface area contributed by atoms with Crippen molar-refractivity contribution in [3.05, 3.63) is 189 Å². The first kappa shape index (κ1) is 31.1. The van der Waals surface area contributed by atoms with Gasteiger partial charge in [-0.15, -0.1) is 0 Å². The van der Waals surface area contributed by atoms with Crippen LogP contribution in [0.3, 0.4) is 0 Å². The molecule has 0 atom stereocenters. The SMILES string of the molecule is c1ccc(-c2cc(N(c3ccc(-c4cccc5c4oc4ccncc45)cc3)c3ccc(-c4cccc5c4oc4ccncc45)cc3)cc3ccccc23)cc1. The van der Waals surface area contributed by atoms with E-state index in [-0.39, 0.29) is 0 Å². The van der Waals surface area contributed by atoms with Crippen LogP contribution >= 0.6 is 0 Å². The van der Waals surface area contributed by atoms with Crippen LogP contribution in [0.15, 0.2) is 197 Å². The summed E-state index contributed by atoms with van der Waals surface area (Å²) in [6.07, 6.45) is 7.29. The van der Waals surface area contributed by atoms with Gasteiger partial charge in [0.05, 0.1) is 0 Å². The zero-order valence-corrected chi connectivity index (χ0v) is 29.6. The molecule has 0 spiro atoms. The number of pyridine rings is 2. The monoisotopic (exact) mass is 705 g/mol. The molecule has 7 aromatic carbocycles. The van der Waals surface area contributed by atoms with E-state index in [1.54, 1.807) is 12.4 Å². The zero-order valence-electron chi connectivity index (χ0n) is 29.6. The summed E-state index contributed by atoms with van der Waals surface area (Å²) in [5.74, 6) is 0. The lowest BCUT2D eigenvalue weighted by molar-refractivity contribution is 0.669. The molecule has 258 valence electrons. The number of nitrogens with zero attached hydrogens (tertiary/aromatic N) is 3. The number of anilines is 3. The van der Waals surface area contributed by atoms with Gasteiger partial charge in [-0.25, -0.2) is 0 Å². The molecule has 0 radical (unpaired) electrons. The summed E-state index contributed by atoms with van der Waals surface area (Å²) in [6, 6.07) is 57.9. The van der Waals surface area contributed by atoms with E-state index < -0.39 is 0 Å². The van der Waals surface area contributed by atoms with Crippen LogP contribution in [0.1, 0.15) is 0 Å². The third-order valence-corrected chi connectivity index (χ3v) is 10.7. The van der Waals surface area contributed by atoms with Crippen molar-refractivity contribution in [2.75, 3.05) is 4.90 Å². The minimum absolute atomic E-state index is 0.836. The van der Waals surface area contributed by atoms with Crippen molar-refractivity contribution in [3.63, 3.8) is 0 Å². The molecular weight excluding hydrogens is 675 g/mol. The Hall–Kier alpha value is -7.50. The molecule has 0 unspecified atom stereocenters. The van der Waals surface area contributed by atoms with E-state index >= 15 is 0 Å². The van der Waals surface area contributed by atoms with E-state index in [0.717, 1.165) is 83.2 Å². The second-order valence-corrected chi connectivity index (χ2v) is 13.8. The first-order chi connectivity index (χ1) is 27.3. The molecule has 0 aliphatic rings. The molecule has 0 saturated carbocycles. The molecule has 5 nitrogen and oxygen atoms in total. The molecule has 4 aromatic heterocycles. The fourth-order valence-electron chi connectivity index (χ4n) is 8.05. The maximum absolute atomic E-state index is 6.38. The smallest absolute Gasteiger partial charge is 0.143 e. The number of hydrogen-bond acceptors (Lipinski definition) is 5. The zero-order chi connectivity index (χ0) is 36.3. The molecule has 4 heterocycles. The lowest BCUT2D eigenvalue weighted by atomic mass is 9.96. The normalized spacial score (nSPS) is 11.6. The molecule has 0 N–H and O–H groups in total. The van der Waals surface area contributed by atoms with E-state index in [9.17, 15) is 0 Å². The lowest BCUT2D eigenvalue weighted by Gasteiger charge is -2.27. The summed E-state index contributed by atoms with van der Waals surface area (Å²) in [4.78, 5) is 11.0. The van der Waals surface area contributed by atoms with Gasteiger partial charge in [0.15, 0.2) is 0 Å². The quantitative estimate of drug-likeness (QED) is 0.172. The largest absolute Gasteiger partial charge is 0.455 e. The predicted octanol–water partition coefficient (Wildman–Crippen LogP) is 13.9. The van der Waals surface area contributed by atoms with Crippen LogP contribution in [-0.2, 0) is 0 Å². The molecule has 0 amide bonds. The van der Waals surface area contributed by atoms with Gasteiger partial charge < -0.3 is 13.7 Å². The Bertz CT molecular complexity index is 3040. The van der Waals surface area contributed by atoms with Gasteiger partial charge in [-0.2, -0.15) is 0 Å². The summed E-state index contributed by atoms with van der Waals surface area (Å²) in [5, 5.41) is 6.55. The first-order valence-electron chi connectivity index (χ1n) is 18.4. The first-order valence-corrected chi connectivity index (χ1v) is 18.4. The fourth-order valence-corrected chi connectivity index (χ4v) is 8.05. The molecule has 11 rings (SSSR count). The Morgan fingerprint density at radius 2 is 0.873 bits per heavy atom. The average molecular weight is 706 g/mol. The van der Waals surface area contributed by atoms with E-state index in [1.165, 1.54) is 21.9 Å². The number of furan rings is 2. The predicted molar refractivity (Wildman–Crippen MR) is 225 cm³/mol. The van der Waals surface area contributed by atoms with E-state index in [2.05, 4.69) is 167 Å². The van der Waals surface area contributed by atoms with Crippen LogP contribution in [0.5, 0.6) is 0 Å². The fraction of sp³-hybridized carbons (Fsp3) is 0. The summed E-state index contributed by atoms with van der Waals surface area (Å²) >= 11 is 0. The molecule has 11 aromatic rings. The molecule has 0 fully saturated rings. The third kappa shape index (κ3) is 5.17. The highest BCUT2D eigenvalue weighted by molar-refractivity contribution is 6.10. The Labute approximate surface area is 316 Å². The van der Waals surface area contributed by atoms with Crippen molar-refractivity contribution < 1.29 is 8.83 Å². The van der Waals surface area contributed by atoms with Gasteiger partial charge in [0, 0.05) is 74.5 Å². The van der Waals surface area contributed by atoms with Gasteiger partial charge >= 0.3 is 0 Å². The third-order valence-electron chi connectivity index (χ3n) is 10.7. The molecule has 0 saturated heterocycles. The van der Waals surface area contributed by atoms with Crippen molar-refractivity contribution in [2.45, 2.75) is 0 Å². The number of benzene rings is 7. The Morgan fingerprint density at radius 1 is 0.364 bits per heavy atom. The van der Waals surface area contributed by atoms with E-state index in [1.807, 2.05) is 24.5 Å². The van der Waals surface area contributed by atoms with Crippen LogP contribution < -0.4 is 4.90 Å². The van der Waals surface area contributed by atoms with Crippen molar-refractivity contribution in [1.29, 1.82) is 0 Å². The lowest BCUT2D eigenvalue weighted by Crippen LogP contribution is -2.10. The number of fused-ring (bicyclic) bond motifs is 7. The average Bonchev–Trinajstić information content (AvgIpc) is 3.83. The Kier molecular flexibility index (Phi) is 7.10. The van der Waals surface area contributed by atoms with Gasteiger partial charge in [-0.05, 0) is 81.6 Å². The molecule has 55 heavy (non-hydrogen) atoms. The summed E-state index contributed by atoms with van der Waals surface area (Å²) in [5.41, 5.74) is 13.2. The number of hydrogen-bond donors (Lipinski definition) is 0. The maximum atomic E-state index is 6.38. The van der Waals surface area contributed by atoms with Crippen molar-refractivity contribution >= 4 is 71.7 Å². The van der Waals surface area contributed by atoms with Crippen LogP contribution in [0.25, 0.3) is 88.0 Å². The molecular formula is C50H31N3O2. The Balaban J connectivity index is 1.06. The summed E-state index contributed by atoms with van der Waals surface area (Å²) in [6.45, 7) is 0. The minimum atomic E-state index is 0.836. The van der Waals surface area contributed by atoms with E-state index in [0.29, 0.717) is 0 Å². The van der Waals surface area contributed by atoms with Crippen molar-refractivity contribution in [1.82, 2.24) is 9.97 Å². The van der Waals surface area contributed by atoms with Gasteiger partial charge in [0.1, 0.15) is 22.3 Å². The van der Waals surface area contributed by atoms with Crippen LogP contribution in [0.4, 0.5) is 17.1 Å². The van der Waals surface area contributed by atoms with Gasteiger partial charge in [0.2, 0.25) is 0 Å². The molecule has 0 bridgehead atoms. The van der Waals surface area contributed by atoms with E-state index in [4.69, 9.17) is 8.83 Å². The second-order valence-electron chi connectivity index (χ2n) is 13.8. The summed E-state index contributed by atoms with van der Waals surface area (Å²) in [7, 11) is 0. The highest BCUT2D eigenvalue weighted by atomic mass is 16.3. The number of rotatable bonds is 6. The minimum Gasteiger partial charge on any atom is -0.455 e. The maximum Gasteiger partial charge on any atom is 0.143 e. The standard InChI is InChI=1S/C50H31N3O2/c1-2-8-32(9-3-1)44-29-38(28-35-10-4-5-11-39(35)44)53(36-20-16-33(17-21-36)40-12-6-14-42-45-30-51-26-24-47(45)54-49(40)42)37-22-18-34(19-23-37)41-13-7-15-43-46-31-52-27-25-48(46)55-50(41)43/h1-31H. The van der Waals surface area contributed by atoms with Crippen molar-refractivity contribution in [2.24, 2.45) is 0 Å². The number of para-hydroxylation sites is 2. The molecule has 5 heteroatoms. The van der Waals surface area contributed by atoms with Crippen LogP contribution in [0.2, 0.25) is 0 Å². The van der Waals surface area contributed by atoms with Crippen LogP contribution in [0, 0.1) is 0 Å². The highest BCUT2D eigenvalue weighted by Gasteiger charge is 2.19. The van der Waals surface area contributed by atoms with Crippen molar-refractivity contribution in [3.8, 4) is 33.4 Å². The second kappa shape index (κ2) is 12.6. The highest BCUT2D eigenvalue weighted by Crippen LogP contribution is 2.43. The number of aromatic nitrogens is 2.